The Bertz CT molecular complexity index is 915. The number of carbonyl (C=O) groups excluding carboxylic acids is 1. The first-order chi connectivity index (χ1) is 12.7. The van der Waals surface area contributed by atoms with E-state index in [-0.39, 0.29) is 16.9 Å². The Kier molecular flexibility index (Phi) is 6.75. The van der Waals surface area contributed by atoms with Crippen LogP contribution in [0.3, 0.4) is 0 Å². The van der Waals surface area contributed by atoms with Crippen molar-refractivity contribution in [3.05, 3.63) is 90.5 Å². The van der Waals surface area contributed by atoms with E-state index in [1.54, 1.807) is 37.3 Å². The molecule has 0 aliphatic carbocycles. The highest BCUT2D eigenvalue weighted by molar-refractivity contribution is 7.92. The summed E-state index contributed by atoms with van der Waals surface area (Å²) in [4.78, 5) is 12.3. The third-order valence-corrected chi connectivity index (χ3v) is 6.30. The van der Waals surface area contributed by atoms with E-state index in [4.69, 9.17) is 4.74 Å². The van der Waals surface area contributed by atoms with Gasteiger partial charge in [-0.2, -0.15) is 0 Å². The average molecular weight is 384 g/mol. The summed E-state index contributed by atoms with van der Waals surface area (Å²) >= 11 is 0. The van der Waals surface area contributed by atoms with Gasteiger partial charge in [-0.05, 0) is 43.5 Å². The molecule has 0 aliphatic heterocycles. The largest absolute Gasteiger partial charge is 0.453 e. The maximum atomic E-state index is 13.4. The van der Waals surface area contributed by atoms with Gasteiger partial charge in [0.05, 0.1) is 4.90 Å². The van der Waals surface area contributed by atoms with E-state index in [0.717, 1.165) is 5.56 Å². The van der Waals surface area contributed by atoms with Crippen LogP contribution >= 0.6 is 0 Å². The summed E-state index contributed by atoms with van der Waals surface area (Å²) in [7, 11) is -3.78. The van der Waals surface area contributed by atoms with Crippen LogP contribution in [0.4, 0.5) is 0 Å². The molecular weight excluding hydrogens is 360 g/mol. The summed E-state index contributed by atoms with van der Waals surface area (Å²) in [5.74, 6) is -0.635. The summed E-state index contributed by atoms with van der Waals surface area (Å²) in [5, 5.41) is -0.997. The third kappa shape index (κ3) is 5.17. The zero-order valence-corrected chi connectivity index (χ0v) is 16.4. The number of benzene rings is 2. The number of hydrogen-bond donors (Lipinski definition) is 0. The SMILES string of the molecule is C=C(C)C(=O)OC(C(=C)C)C(Cc1ccccc1)S(=O)(=O)c1ccccc1. The number of ether oxygens (including phenoxy) is 1. The van der Waals surface area contributed by atoms with E-state index < -0.39 is 27.2 Å². The van der Waals surface area contributed by atoms with Crippen LogP contribution in [0.1, 0.15) is 19.4 Å². The fourth-order valence-electron chi connectivity index (χ4n) is 2.72. The summed E-state index contributed by atoms with van der Waals surface area (Å²) in [6.07, 6.45) is -0.793. The normalized spacial score (nSPS) is 13.4. The standard InChI is InChI=1S/C22H24O4S/c1-16(2)21(26-22(23)17(3)4)20(15-18-11-7-5-8-12-18)27(24,25)19-13-9-6-10-14-19/h5-14,20-21H,1,3,15H2,2,4H3. The second-order valence-electron chi connectivity index (χ2n) is 6.54. The molecule has 27 heavy (non-hydrogen) atoms. The monoisotopic (exact) mass is 384 g/mol. The Labute approximate surface area is 161 Å². The zero-order chi connectivity index (χ0) is 20.0. The number of hydrogen-bond acceptors (Lipinski definition) is 4. The van der Waals surface area contributed by atoms with Crippen molar-refractivity contribution in [3.63, 3.8) is 0 Å². The maximum absolute atomic E-state index is 13.4. The van der Waals surface area contributed by atoms with Gasteiger partial charge in [0.2, 0.25) is 0 Å². The van der Waals surface area contributed by atoms with Crippen LogP contribution in [0.2, 0.25) is 0 Å². The fraction of sp³-hybridized carbons (Fsp3) is 0.227. The molecule has 2 atom stereocenters. The molecule has 2 unspecified atom stereocenters. The van der Waals surface area contributed by atoms with Crippen molar-refractivity contribution in [1.29, 1.82) is 0 Å². The van der Waals surface area contributed by atoms with Crippen LogP contribution in [0.5, 0.6) is 0 Å². The van der Waals surface area contributed by atoms with Crippen LogP contribution in [0, 0.1) is 0 Å². The summed E-state index contributed by atoms with van der Waals surface area (Å²) in [6.45, 7) is 10.6. The number of carbonyl (C=O) groups is 1. The minimum absolute atomic E-state index is 0.184. The van der Waals surface area contributed by atoms with Crippen molar-refractivity contribution < 1.29 is 17.9 Å². The minimum atomic E-state index is -3.78. The Morgan fingerprint density at radius 3 is 1.96 bits per heavy atom. The maximum Gasteiger partial charge on any atom is 0.333 e. The quantitative estimate of drug-likeness (QED) is 0.390. The van der Waals surface area contributed by atoms with Gasteiger partial charge < -0.3 is 4.74 Å². The van der Waals surface area contributed by atoms with Gasteiger partial charge in [0.1, 0.15) is 11.4 Å². The van der Waals surface area contributed by atoms with Crippen LogP contribution in [-0.2, 0) is 25.8 Å². The van der Waals surface area contributed by atoms with Gasteiger partial charge in [-0.1, -0.05) is 61.7 Å². The predicted octanol–water partition coefficient (Wildman–Crippen LogP) is 4.14. The van der Waals surface area contributed by atoms with Gasteiger partial charge in [-0.15, -0.1) is 0 Å². The van der Waals surface area contributed by atoms with E-state index in [2.05, 4.69) is 13.2 Å². The zero-order valence-electron chi connectivity index (χ0n) is 15.6. The molecule has 0 radical (unpaired) electrons. The van der Waals surface area contributed by atoms with Gasteiger partial charge >= 0.3 is 5.97 Å². The highest BCUT2D eigenvalue weighted by Gasteiger charge is 2.38. The summed E-state index contributed by atoms with van der Waals surface area (Å²) in [5.41, 5.74) is 1.50. The molecule has 2 aromatic rings. The van der Waals surface area contributed by atoms with Gasteiger partial charge in [0.25, 0.3) is 0 Å². The second kappa shape index (κ2) is 8.82. The molecular formula is C22H24O4S. The molecule has 2 aromatic carbocycles. The molecule has 2 rings (SSSR count). The first-order valence-corrected chi connectivity index (χ1v) is 10.1. The topological polar surface area (TPSA) is 60.4 Å². The Morgan fingerprint density at radius 1 is 0.963 bits per heavy atom. The van der Waals surface area contributed by atoms with E-state index in [9.17, 15) is 13.2 Å². The fourth-order valence-corrected chi connectivity index (χ4v) is 4.63. The lowest BCUT2D eigenvalue weighted by Crippen LogP contribution is -2.40. The molecule has 0 N–H and O–H groups in total. The van der Waals surface area contributed by atoms with Crippen molar-refractivity contribution in [3.8, 4) is 0 Å². The van der Waals surface area contributed by atoms with Crippen LogP contribution in [-0.4, -0.2) is 25.7 Å². The molecule has 5 heteroatoms. The molecule has 142 valence electrons. The van der Waals surface area contributed by atoms with Gasteiger partial charge in [0, 0.05) is 5.57 Å². The minimum Gasteiger partial charge on any atom is -0.453 e. The third-order valence-electron chi connectivity index (χ3n) is 4.16. The lowest BCUT2D eigenvalue weighted by atomic mass is 10.0. The van der Waals surface area contributed by atoms with E-state index in [0.29, 0.717) is 5.57 Å². The van der Waals surface area contributed by atoms with Crippen molar-refractivity contribution >= 4 is 15.8 Å². The van der Waals surface area contributed by atoms with Crippen LogP contribution in [0.15, 0.2) is 89.9 Å². The molecule has 0 saturated carbocycles. The van der Waals surface area contributed by atoms with E-state index in [1.807, 2.05) is 30.3 Å². The first kappa shape index (κ1) is 20.6. The van der Waals surface area contributed by atoms with Gasteiger partial charge in [0.15, 0.2) is 9.84 Å². The molecule has 0 fully saturated rings. The predicted molar refractivity (Wildman–Crippen MR) is 107 cm³/mol. The van der Waals surface area contributed by atoms with Crippen molar-refractivity contribution in [2.45, 2.75) is 36.5 Å². The molecule has 0 bridgehead atoms. The number of esters is 1. The highest BCUT2D eigenvalue weighted by atomic mass is 32.2. The molecule has 0 aromatic heterocycles. The molecule has 4 nitrogen and oxygen atoms in total. The first-order valence-electron chi connectivity index (χ1n) is 8.58. The molecule has 0 heterocycles. The molecule has 0 spiro atoms. The van der Waals surface area contributed by atoms with Gasteiger partial charge in [-0.3, -0.25) is 0 Å². The van der Waals surface area contributed by atoms with Gasteiger partial charge in [-0.25, -0.2) is 13.2 Å². The summed E-state index contributed by atoms with van der Waals surface area (Å²) < 4.78 is 32.3. The summed E-state index contributed by atoms with van der Waals surface area (Å²) in [6, 6.07) is 17.4. The van der Waals surface area contributed by atoms with Crippen molar-refractivity contribution in [2.24, 2.45) is 0 Å². The van der Waals surface area contributed by atoms with Crippen LogP contribution in [0.25, 0.3) is 0 Å². The van der Waals surface area contributed by atoms with E-state index in [1.165, 1.54) is 6.92 Å². The Balaban J connectivity index is 2.52. The smallest absolute Gasteiger partial charge is 0.333 e. The van der Waals surface area contributed by atoms with Crippen molar-refractivity contribution in [1.82, 2.24) is 0 Å². The molecule has 0 aliphatic rings. The van der Waals surface area contributed by atoms with E-state index >= 15 is 0 Å². The Morgan fingerprint density at radius 2 is 1.48 bits per heavy atom. The second-order valence-corrected chi connectivity index (χ2v) is 8.71. The average Bonchev–Trinajstić information content (AvgIpc) is 2.65. The molecule has 0 amide bonds. The van der Waals surface area contributed by atoms with Crippen LogP contribution < -0.4 is 0 Å². The number of rotatable bonds is 8. The van der Waals surface area contributed by atoms with Crippen molar-refractivity contribution in [2.75, 3.05) is 0 Å². The lowest BCUT2D eigenvalue weighted by Gasteiger charge is -2.28. The number of sulfone groups is 1. The highest BCUT2D eigenvalue weighted by Crippen LogP contribution is 2.27. The Hall–Kier alpha value is -2.66. The molecule has 0 saturated heterocycles. The lowest BCUT2D eigenvalue weighted by molar-refractivity contribution is -0.142.